The van der Waals surface area contributed by atoms with E-state index in [-0.39, 0.29) is 12.1 Å². The molecule has 2 aliphatic heterocycles. The van der Waals surface area contributed by atoms with Gasteiger partial charge in [0.1, 0.15) is 0 Å². The third kappa shape index (κ3) is 3.52. The van der Waals surface area contributed by atoms with Gasteiger partial charge in [-0.15, -0.1) is 0 Å². The second-order valence-electron chi connectivity index (χ2n) is 7.37. The number of piperidine rings is 1. The predicted octanol–water partition coefficient (Wildman–Crippen LogP) is 2.13. The Balaban J connectivity index is 1.34. The fraction of sp³-hybridized carbons (Fsp3) is 0.765. The van der Waals surface area contributed by atoms with Gasteiger partial charge in [-0.25, -0.2) is 4.79 Å². The first-order valence-corrected chi connectivity index (χ1v) is 9.08. The Morgan fingerprint density at radius 2 is 2.17 bits per heavy atom. The topological polar surface area (TPSA) is 64.3 Å². The summed E-state index contributed by atoms with van der Waals surface area (Å²) >= 11 is 0. The third-order valence-electron chi connectivity index (χ3n) is 5.48. The smallest absolute Gasteiger partial charge is 0.318 e. The maximum atomic E-state index is 12.8. The van der Waals surface area contributed by atoms with Crippen LogP contribution in [0.2, 0.25) is 0 Å². The van der Waals surface area contributed by atoms with Gasteiger partial charge in [-0.1, -0.05) is 0 Å². The summed E-state index contributed by atoms with van der Waals surface area (Å²) in [4.78, 5) is 17.3. The Labute approximate surface area is 137 Å². The van der Waals surface area contributed by atoms with Crippen LogP contribution in [0.4, 0.5) is 4.79 Å². The largest absolute Gasteiger partial charge is 0.334 e. The fourth-order valence-electron chi connectivity index (χ4n) is 4.00. The highest BCUT2D eigenvalue weighted by Gasteiger charge is 2.33. The molecule has 6 nitrogen and oxygen atoms in total. The second kappa shape index (κ2) is 6.51. The maximum Gasteiger partial charge on any atom is 0.318 e. The van der Waals surface area contributed by atoms with Crippen molar-refractivity contribution in [1.82, 2.24) is 25.3 Å². The summed E-state index contributed by atoms with van der Waals surface area (Å²) in [5, 5.41) is 10.2. The molecule has 126 valence electrons. The molecule has 4 rings (SSSR count). The first kappa shape index (κ1) is 15.0. The van der Waals surface area contributed by atoms with Crippen LogP contribution in [-0.2, 0) is 0 Å². The number of hydrogen-bond acceptors (Lipinski definition) is 3. The van der Waals surface area contributed by atoms with E-state index >= 15 is 0 Å². The molecule has 3 fully saturated rings. The average Bonchev–Trinajstić information content (AvgIpc) is 3.03. The van der Waals surface area contributed by atoms with Crippen LogP contribution >= 0.6 is 0 Å². The van der Waals surface area contributed by atoms with E-state index in [1.807, 2.05) is 17.3 Å². The molecule has 6 heteroatoms. The lowest BCUT2D eigenvalue weighted by Crippen LogP contribution is -2.48. The van der Waals surface area contributed by atoms with Crippen molar-refractivity contribution >= 4 is 6.03 Å². The van der Waals surface area contributed by atoms with Gasteiger partial charge < -0.3 is 15.1 Å². The van der Waals surface area contributed by atoms with Crippen molar-refractivity contribution in [2.45, 2.75) is 50.6 Å². The summed E-state index contributed by atoms with van der Waals surface area (Å²) < 4.78 is 0. The highest BCUT2D eigenvalue weighted by atomic mass is 16.2. The lowest BCUT2D eigenvalue weighted by atomic mass is 9.98. The van der Waals surface area contributed by atoms with Crippen molar-refractivity contribution in [3.05, 3.63) is 18.0 Å². The number of carbonyl (C=O) groups excluding carboxylic acids is 1. The lowest BCUT2D eigenvalue weighted by Gasteiger charge is -2.36. The van der Waals surface area contributed by atoms with Gasteiger partial charge in [-0.3, -0.25) is 5.10 Å². The molecule has 3 aliphatic rings. The standard InChI is InChI=1S/C17H27N5O/c23-17(20-15-6-8-21(12-15)11-13-4-5-13)22-7-2-1-3-16(22)14-9-18-19-10-14/h9-10,13,15-16H,1-8,11-12H2,(H,18,19)(H,20,23)/t15-,16+/m0/s1. The molecule has 0 spiro atoms. The zero-order valence-corrected chi connectivity index (χ0v) is 13.7. The molecule has 1 aromatic rings. The van der Waals surface area contributed by atoms with Gasteiger partial charge in [0, 0.05) is 44.0 Å². The minimum absolute atomic E-state index is 0.106. The highest BCUT2D eigenvalue weighted by Crippen LogP contribution is 2.32. The van der Waals surface area contributed by atoms with Crippen molar-refractivity contribution < 1.29 is 4.79 Å². The molecule has 23 heavy (non-hydrogen) atoms. The fourth-order valence-corrected chi connectivity index (χ4v) is 4.00. The quantitative estimate of drug-likeness (QED) is 0.894. The molecule has 0 unspecified atom stereocenters. The van der Waals surface area contributed by atoms with Crippen LogP contribution in [0.1, 0.15) is 50.1 Å². The van der Waals surface area contributed by atoms with Gasteiger partial charge in [0.05, 0.1) is 12.2 Å². The number of aromatic nitrogens is 2. The van der Waals surface area contributed by atoms with E-state index in [2.05, 4.69) is 20.4 Å². The van der Waals surface area contributed by atoms with Crippen molar-refractivity contribution in [3.8, 4) is 0 Å². The van der Waals surface area contributed by atoms with Gasteiger partial charge in [0.25, 0.3) is 0 Å². The molecule has 3 heterocycles. The molecule has 0 aromatic carbocycles. The Morgan fingerprint density at radius 3 is 2.96 bits per heavy atom. The molecular formula is C17H27N5O. The summed E-state index contributed by atoms with van der Waals surface area (Å²) in [7, 11) is 0. The summed E-state index contributed by atoms with van der Waals surface area (Å²) in [6, 6.07) is 0.591. The van der Waals surface area contributed by atoms with Crippen LogP contribution in [0.3, 0.4) is 0 Å². The van der Waals surface area contributed by atoms with Crippen LogP contribution in [0.25, 0.3) is 0 Å². The second-order valence-corrected chi connectivity index (χ2v) is 7.37. The zero-order valence-electron chi connectivity index (χ0n) is 13.7. The number of H-pyrrole nitrogens is 1. The van der Waals surface area contributed by atoms with Crippen LogP contribution in [0, 0.1) is 5.92 Å². The Bertz CT molecular complexity index is 527. The summed E-state index contributed by atoms with van der Waals surface area (Å²) in [6.45, 7) is 4.23. The van der Waals surface area contributed by atoms with E-state index in [1.54, 1.807) is 0 Å². The SMILES string of the molecule is O=C(N[C@H]1CCN(CC2CC2)C1)N1CCCC[C@@H]1c1cn[nH]c1. The van der Waals surface area contributed by atoms with Gasteiger partial charge in [-0.05, 0) is 44.4 Å². The number of nitrogens with zero attached hydrogens (tertiary/aromatic N) is 3. The maximum absolute atomic E-state index is 12.8. The van der Waals surface area contributed by atoms with Gasteiger partial charge in [0.15, 0.2) is 0 Å². The van der Waals surface area contributed by atoms with E-state index in [0.717, 1.165) is 50.4 Å². The molecule has 1 aromatic heterocycles. The van der Waals surface area contributed by atoms with E-state index in [9.17, 15) is 4.79 Å². The first-order valence-electron chi connectivity index (χ1n) is 9.08. The Kier molecular flexibility index (Phi) is 4.25. The van der Waals surface area contributed by atoms with Crippen molar-refractivity contribution in [1.29, 1.82) is 0 Å². The van der Waals surface area contributed by atoms with E-state index in [0.29, 0.717) is 6.04 Å². The van der Waals surface area contributed by atoms with Crippen molar-refractivity contribution in [3.63, 3.8) is 0 Å². The number of nitrogens with one attached hydrogen (secondary N) is 2. The van der Waals surface area contributed by atoms with E-state index < -0.39 is 0 Å². The van der Waals surface area contributed by atoms with Crippen LogP contribution in [0.15, 0.2) is 12.4 Å². The van der Waals surface area contributed by atoms with E-state index in [4.69, 9.17) is 0 Å². The van der Waals surface area contributed by atoms with Gasteiger partial charge in [0.2, 0.25) is 0 Å². The average molecular weight is 317 g/mol. The summed E-state index contributed by atoms with van der Waals surface area (Å²) in [5.74, 6) is 0.928. The molecule has 1 aliphatic carbocycles. The van der Waals surface area contributed by atoms with Crippen LogP contribution in [0.5, 0.6) is 0 Å². The van der Waals surface area contributed by atoms with Gasteiger partial charge >= 0.3 is 6.03 Å². The van der Waals surface area contributed by atoms with E-state index in [1.165, 1.54) is 25.8 Å². The minimum atomic E-state index is 0.106. The molecule has 2 atom stereocenters. The molecule has 0 bridgehead atoms. The van der Waals surface area contributed by atoms with Crippen molar-refractivity contribution in [2.75, 3.05) is 26.2 Å². The lowest BCUT2D eigenvalue weighted by molar-refractivity contribution is 0.148. The van der Waals surface area contributed by atoms with Gasteiger partial charge in [-0.2, -0.15) is 5.10 Å². The highest BCUT2D eigenvalue weighted by molar-refractivity contribution is 5.75. The minimum Gasteiger partial charge on any atom is -0.334 e. The molecule has 2 saturated heterocycles. The number of amides is 2. The monoisotopic (exact) mass is 317 g/mol. The number of likely N-dealkylation sites (tertiary alicyclic amines) is 2. The molecular weight excluding hydrogens is 290 g/mol. The number of aromatic amines is 1. The zero-order chi connectivity index (χ0) is 15.6. The van der Waals surface area contributed by atoms with Crippen LogP contribution in [-0.4, -0.2) is 58.2 Å². The number of urea groups is 1. The Morgan fingerprint density at radius 1 is 1.26 bits per heavy atom. The first-order chi connectivity index (χ1) is 11.3. The molecule has 2 N–H and O–H groups in total. The normalized spacial score (nSPS) is 29.0. The number of carbonyl (C=O) groups is 1. The number of rotatable bonds is 4. The summed E-state index contributed by atoms with van der Waals surface area (Å²) in [6.07, 6.45) is 11.0. The van der Waals surface area contributed by atoms with Crippen LogP contribution < -0.4 is 5.32 Å². The molecule has 2 amide bonds. The summed E-state index contributed by atoms with van der Waals surface area (Å²) in [5.41, 5.74) is 1.13. The third-order valence-corrected chi connectivity index (χ3v) is 5.48. The Hall–Kier alpha value is -1.56. The molecule has 1 saturated carbocycles. The molecule has 0 radical (unpaired) electrons. The predicted molar refractivity (Wildman–Crippen MR) is 88.0 cm³/mol. The van der Waals surface area contributed by atoms with Crippen molar-refractivity contribution in [2.24, 2.45) is 5.92 Å². The number of hydrogen-bond donors (Lipinski definition) is 2.